The highest BCUT2D eigenvalue weighted by molar-refractivity contribution is 5.55. The van der Waals surface area contributed by atoms with Crippen molar-refractivity contribution >= 4 is 17.5 Å². The lowest BCUT2D eigenvalue weighted by Crippen LogP contribution is -2.45. The molecule has 144 valence electrons. The topological polar surface area (TPSA) is 81.6 Å². The number of piperidine rings is 1. The Balaban J connectivity index is 1.39. The molecule has 0 saturated carbocycles. The van der Waals surface area contributed by atoms with Crippen LogP contribution in [-0.2, 0) is 9.47 Å². The molecule has 0 amide bonds. The molecule has 1 N–H and O–H groups in total. The number of hydrogen-bond acceptors (Lipinski definition) is 8. The Bertz CT molecular complexity index is 752. The smallest absolute Gasteiger partial charge is 0.249 e. The second-order valence-corrected chi connectivity index (χ2v) is 7.05. The molecule has 27 heavy (non-hydrogen) atoms. The van der Waals surface area contributed by atoms with Crippen LogP contribution in [0, 0.1) is 0 Å². The van der Waals surface area contributed by atoms with Gasteiger partial charge in [-0.1, -0.05) is 0 Å². The van der Waals surface area contributed by atoms with Gasteiger partial charge in [-0.3, -0.25) is 0 Å². The summed E-state index contributed by atoms with van der Waals surface area (Å²) in [6.45, 7) is 7.02. The number of anilines is 3. The Kier molecular flexibility index (Phi) is 5.09. The molecule has 1 aromatic carbocycles. The number of hydrogen-bond donors (Lipinski definition) is 1. The molecule has 4 rings (SSSR count). The van der Waals surface area contributed by atoms with Gasteiger partial charge in [-0.2, -0.15) is 10.1 Å². The third-order valence-electron chi connectivity index (χ3n) is 4.69. The first-order chi connectivity index (χ1) is 13.1. The van der Waals surface area contributed by atoms with E-state index < -0.39 is 5.79 Å². The molecule has 1 spiro atoms. The van der Waals surface area contributed by atoms with Gasteiger partial charge in [0.1, 0.15) is 5.75 Å². The molecular formula is C19H25N5O3. The van der Waals surface area contributed by atoms with E-state index in [9.17, 15) is 0 Å². The molecule has 2 fully saturated rings. The summed E-state index contributed by atoms with van der Waals surface area (Å²) in [5.41, 5.74) is 0.885. The second kappa shape index (κ2) is 7.66. The van der Waals surface area contributed by atoms with Gasteiger partial charge < -0.3 is 24.4 Å². The van der Waals surface area contributed by atoms with E-state index >= 15 is 0 Å². The number of ether oxygens (including phenoxy) is 3. The Hall–Kier alpha value is -2.45. The van der Waals surface area contributed by atoms with Crippen LogP contribution in [0.25, 0.3) is 0 Å². The molecule has 2 aliphatic heterocycles. The SMILES string of the molecule is CC(C)Oc1ccc(Nc2nncc(N3CCC4(CC3)OCCO4)n2)cc1. The molecule has 8 heteroatoms. The summed E-state index contributed by atoms with van der Waals surface area (Å²) in [5.74, 6) is 1.72. The lowest BCUT2D eigenvalue weighted by Gasteiger charge is -2.37. The highest BCUT2D eigenvalue weighted by Gasteiger charge is 2.40. The predicted octanol–water partition coefficient (Wildman–Crippen LogP) is 2.75. The van der Waals surface area contributed by atoms with Crippen molar-refractivity contribution in [2.24, 2.45) is 0 Å². The van der Waals surface area contributed by atoms with Crippen LogP contribution in [0.5, 0.6) is 5.75 Å². The van der Waals surface area contributed by atoms with Crippen molar-refractivity contribution in [1.29, 1.82) is 0 Å². The summed E-state index contributed by atoms with van der Waals surface area (Å²) < 4.78 is 17.2. The Labute approximate surface area is 158 Å². The molecule has 0 aliphatic carbocycles. The average molecular weight is 371 g/mol. The molecule has 1 aromatic heterocycles. The van der Waals surface area contributed by atoms with Crippen LogP contribution in [0.3, 0.4) is 0 Å². The van der Waals surface area contributed by atoms with Crippen LogP contribution in [0.2, 0.25) is 0 Å². The fraction of sp³-hybridized carbons (Fsp3) is 0.526. The van der Waals surface area contributed by atoms with Gasteiger partial charge in [0.25, 0.3) is 0 Å². The zero-order valence-electron chi connectivity index (χ0n) is 15.7. The molecule has 2 aromatic rings. The average Bonchev–Trinajstić information content (AvgIpc) is 3.12. The predicted molar refractivity (Wildman–Crippen MR) is 101 cm³/mol. The molecular weight excluding hydrogens is 346 g/mol. The van der Waals surface area contributed by atoms with E-state index in [2.05, 4.69) is 25.4 Å². The highest BCUT2D eigenvalue weighted by atomic mass is 16.7. The standard InChI is InChI=1S/C19H25N5O3/c1-14(2)27-16-5-3-15(4-6-16)21-18-22-17(13-20-23-18)24-9-7-19(8-10-24)25-11-12-26-19/h3-6,13-14H,7-12H2,1-2H3,(H,21,22,23). The van der Waals surface area contributed by atoms with E-state index in [1.807, 2.05) is 38.1 Å². The summed E-state index contributed by atoms with van der Waals surface area (Å²) >= 11 is 0. The van der Waals surface area contributed by atoms with Crippen molar-refractivity contribution in [3.63, 3.8) is 0 Å². The minimum atomic E-state index is -0.391. The summed E-state index contributed by atoms with van der Waals surface area (Å²) in [4.78, 5) is 6.80. The Morgan fingerprint density at radius 3 is 2.48 bits per heavy atom. The van der Waals surface area contributed by atoms with Crippen LogP contribution < -0.4 is 15.0 Å². The van der Waals surface area contributed by atoms with Crippen LogP contribution in [-0.4, -0.2) is 53.4 Å². The fourth-order valence-electron chi connectivity index (χ4n) is 3.38. The van der Waals surface area contributed by atoms with Gasteiger partial charge in [0, 0.05) is 31.6 Å². The van der Waals surface area contributed by atoms with Crippen molar-refractivity contribution in [3.05, 3.63) is 30.5 Å². The monoisotopic (exact) mass is 371 g/mol. The number of aromatic nitrogens is 3. The minimum absolute atomic E-state index is 0.150. The van der Waals surface area contributed by atoms with Crippen molar-refractivity contribution in [2.45, 2.75) is 38.6 Å². The third kappa shape index (κ3) is 4.28. The van der Waals surface area contributed by atoms with Crippen LogP contribution >= 0.6 is 0 Å². The Morgan fingerprint density at radius 1 is 1.11 bits per heavy atom. The van der Waals surface area contributed by atoms with Gasteiger partial charge in [0.05, 0.1) is 25.5 Å². The quantitative estimate of drug-likeness (QED) is 0.859. The molecule has 0 bridgehead atoms. The number of nitrogens with zero attached hydrogens (tertiary/aromatic N) is 4. The first-order valence-corrected chi connectivity index (χ1v) is 9.38. The maximum atomic E-state index is 5.78. The summed E-state index contributed by atoms with van der Waals surface area (Å²) in [7, 11) is 0. The summed E-state index contributed by atoms with van der Waals surface area (Å²) in [5, 5.41) is 11.4. The van der Waals surface area contributed by atoms with Gasteiger partial charge in [-0.15, -0.1) is 5.10 Å². The van der Waals surface area contributed by atoms with Crippen LogP contribution in [0.4, 0.5) is 17.5 Å². The summed E-state index contributed by atoms with van der Waals surface area (Å²) in [6.07, 6.45) is 3.50. The van der Waals surface area contributed by atoms with Gasteiger partial charge in [0.2, 0.25) is 5.95 Å². The van der Waals surface area contributed by atoms with E-state index in [4.69, 9.17) is 14.2 Å². The van der Waals surface area contributed by atoms with Crippen LogP contribution in [0.1, 0.15) is 26.7 Å². The number of benzene rings is 1. The van der Waals surface area contributed by atoms with Crippen molar-refractivity contribution in [3.8, 4) is 5.75 Å². The lowest BCUT2D eigenvalue weighted by molar-refractivity contribution is -0.169. The summed E-state index contributed by atoms with van der Waals surface area (Å²) in [6, 6.07) is 7.72. The van der Waals surface area contributed by atoms with Crippen molar-refractivity contribution < 1.29 is 14.2 Å². The molecule has 3 heterocycles. The van der Waals surface area contributed by atoms with Gasteiger partial charge in [-0.25, -0.2) is 0 Å². The molecule has 0 atom stereocenters. The maximum Gasteiger partial charge on any atom is 0.249 e. The molecule has 0 radical (unpaired) electrons. The molecule has 8 nitrogen and oxygen atoms in total. The second-order valence-electron chi connectivity index (χ2n) is 7.05. The first-order valence-electron chi connectivity index (χ1n) is 9.38. The maximum absolute atomic E-state index is 5.78. The van der Waals surface area contributed by atoms with Crippen molar-refractivity contribution in [1.82, 2.24) is 15.2 Å². The van der Waals surface area contributed by atoms with E-state index in [0.29, 0.717) is 19.2 Å². The van der Waals surface area contributed by atoms with E-state index in [1.54, 1.807) is 6.20 Å². The third-order valence-corrected chi connectivity index (χ3v) is 4.69. The van der Waals surface area contributed by atoms with E-state index in [1.165, 1.54) is 0 Å². The number of nitrogens with one attached hydrogen (secondary N) is 1. The van der Waals surface area contributed by atoms with E-state index in [0.717, 1.165) is 43.2 Å². The van der Waals surface area contributed by atoms with E-state index in [-0.39, 0.29) is 6.10 Å². The van der Waals surface area contributed by atoms with Crippen molar-refractivity contribution in [2.75, 3.05) is 36.5 Å². The zero-order chi connectivity index (χ0) is 18.7. The van der Waals surface area contributed by atoms with Gasteiger partial charge in [-0.05, 0) is 38.1 Å². The largest absolute Gasteiger partial charge is 0.491 e. The van der Waals surface area contributed by atoms with Gasteiger partial charge in [0.15, 0.2) is 11.6 Å². The van der Waals surface area contributed by atoms with Gasteiger partial charge >= 0.3 is 0 Å². The zero-order valence-corrected chi connectivity index (χ0v) is 15.7. The fourth-order valence-corrected chi connectivity index (χ4v) is 3.38. The Morgan fingerprint density at radius 2 is 1.81 bits per heavy atom. The number of rotatable bonds is 5. The molecule has 2 aliphatic rings. The lowest BCUT2D eigenvalue weighted by atomic mass is 10.0. The molecule has 2 saturated heterocycles. The highest BCUT2D eigenvalue weighted by Crippen LogP contribution is 2.32. The van der Waals surface area contributed by atoms with Crippen LogP contribution in [0.15, 0.2) is 30.5 Å². The minimum Gasteiger partial charge on any atom is -0.491 e. The molecule has 0 unspecified atom stereocenters. The normalized spacial score (nSPS) is 18.9. The first kappa shape index (κ1) is 17.9.